The standard InChI is InChI=1S/C5H5N4O/c10-5-1-2-9-4(7-5)3-6-8-9/h2,6,8H,3H2. The molecule has 0 fully saturated rings. The van der Waals surface area contributed by atoms with E-state index in [-0.39, 0.29) is 5.56 Å². The van der Waals surface area contributed by atoms with Crippen molar-refractivity contribution in [1.82, 2.24) is 15.1 Å². The van der Waals surface area contributed by atoms with Crippen molar-refractivity contribution in [2.45, 2.75) is 6.54 Å². The minimum Gasteiger partial charge on any atom is -0.267 e. The monoisotopic (exact) mass is 137 g/mol. The highest BCUT2D eigenvalue weighted by molar-refractivity contribution is 4.98. The zero-order valence-electron chi connectivity index (χ0n) is 5.09. The third-order valence-corrected chi connectivity index (χ3v) is 1.27. The minimum absolute atomic E-state index is 0.322. The Morgan fingerprint density at radius 1 is 1.80 bits per heavy atom. The number of hydrogen-bond donors (Lipinski definition) is 2. The molecule has 1 aliphatic rings. The van der Waals surface area contributed by atoms with Crippen molar-refractivity contribution in [2.24, 2.45) is 0 Å². The maximum atomic E-state index is 10.6. The molecule has 10 heavy (non-hydrogen) atoms. The van der Waals surface area contributed by atoms with Gasteiger partial charge in [0.05, 0.1) is 12.6 Å². The first kappa shape index (κ1) is 5.43. The van der Waals surface area contributed by atoms with Gasteiger partial charge in [0.2, 0.25) is 0 Å². The van der Waals surface area contributed by atoms with Gasteiger partial charge in [0.15, 0.2) is 0 Å². The van der Waals surface area contributed by atoms with Gasteiger partial charge in [0, 0.05) is 6.20 Å². The van der Waals surface area contributed by atoms with Crippen LogP contribution in [0.2, 0.25) is 0 Å². The van der Waals surface area contributed by atoms with Crippen LogP contribution in [0.15, 0.2) is 11.0 Å². The second kappa shape index (κ2) is 1.81. The third-order valence-electron chi connectivity index (χ3n) is 1.27. The van der Waals surface area contributed by atoms with Crippen LogP contribution in [-0.2, 0) is 6.54 Å². The lowest BCUT2D eigenvalue weighted by Crippen LogP contribution is -2.19. The molecule has 0 aliphatic carbocycles. The van der Waals surface area contributed by atoms with E-state index >= 15 is 0 Å². The summed E-state index contributed by atoms with van der Waals surface area (Å²) in [5.74, 6) is 0.684. The second-order valence-electron chi connectivity index (χ2n) is 1.94. The van der Waals surface area contributed by atoms with Crippen LogP contribution in [0.5, 0.6) is 0 Å². The van der Waals surface area contributed by atoms with Crippen LogP contribution in [-0.4, -0.2) is 9.66 Å². The fourth-order valence-corrected chi connectivity index (χ4v) is 0.823. The Morgan fingerprint density at radius 3 is 3.60 bits per heavy atom. The van der Waals surface area contributed by atoms with Gasteiger partial charge in [0.25, 0.3) is 5.56 Å². The van der Waals surface area contributed by atoms with Crippen molar-refractivity contribution in [3.8, 4) is 0 Å². The Bertz CT molecular complexity index is 305. The molecule has 2 rings (SSSR count). The first-order chi connectivity index (χ1) is 4.86. The molecule has 5 nitrogen and oxygen atoms in total. The molecule has 0 spiro atoms. The SMILES string of the molecule is O=c1[c]cn2c(n1)CNN2. The van der Waals surface area contributed by atoms with Gasteiger partial charge in [-0.3, -0.25) is 10.3 Å². The maximum absolute atomic E-state index is 10.6. The van der Waals surface area contributed by atoms with E-state index in [0.717, 1.165) is 0 Å². The molecule has 1 aliphatic heterocycles. The summed E-state index contributed by atoms with van der Waals surface area (Å²) in [7, 11) is 0. The lowest BCUT2D eigenvalue weighted by atomic mass is 10.5. The van der Waals surface area contributed by atoms with Crippen molar-refractivity contribution < 1.29 is 0 Å². The molecule has 0 amide bonds. The summed E-state index contributed by atoms with van der Waals surface area (Å²) < 4.78 is 1.61. The second-order valence-corrected chi connectivity index (χ2v) is 1.94. The zero-order valence-corrected chi connectivity index (χ0v) is 5.09. The Labute approximate surface area is 56.6 Å². The minimum atomic E-state index is -0.322. The number of hydrazine groups is 1. The van der Waals surface area contributed by atoms with E-state index in [1.54, 1.807) is 4.68 Å². The normalized spacial score (nSPS) is 14.4. The molecular formula is C5H5N4O. The molecule has 5 heteroatoms. The molecular weight excluding hydrogens is 132 g/mol. The Morgan fingerprint density at radius 2 is 2.70 bits per heavy atom. The smallest absolute Gasteiger partial charge is 0.267 e. The van der Waals surface area contributed by atoms with E-state index in [9.17, 15) is 4.79 Å². The highest BCUT2D eigenvalue weighted by Crippen LogP contribution is 1.92. The summed E-state index contributed by atoms with van der Waals surface area (Å²) in [5.41, 5.74) is 5.25. The average Bonchev–Trinajstić information content (AvgIpc) is 2.33. The number of aromatic nitrogens is 2. The molecule has 0 bridgehead atoms. The molecule has 1 radical (unpaired) electrons. The van der Waals surface area contributed by atoms with E-state index in [0.29, 0.717) is 12.4 Å². The highest BCUT2D eigenvalue weighted by Gasteiger charge is 2.07. The fourth-order valence-electron chi connectivity index (χ4n) is 0.823. The van der Waals surface area contributed by atoms with E-state index in [2.05, 4.69) is 22.0 Å². The first-order valence-corrected chi connectivity index (χ1v) is 2.85. The van der Waals surface area contributed by atoms with Gasteiger partial charge in [-0.1, -0.05) is 0 Å². The summed E-state index contributed by atoms with van der Waals surface area (Å²) in [6, 6.07) is 2.43. The van der Waals surface area contributed by atoms with Gasteiger partial charge in [-0.2, -0.15) is 4.98 Å². The molecule has 1 aromatic rings. The summed E-state index contributed by atoms with van der Waals surface area (Å²) in [5, 5.41) is 0. The fraction of sp³-hybridized carbons (Fsp3) is 0.200. The first-order valence-electron chi connectivity index (χ1n) is 2.85. The summed E-state index contributed by atoms with van der Waals surface area (Å²) >= 11 is 0. The molecule has 0 aromatic carbocycles. The predicted molar refractivity (Wildman–Crippen MR) is 33.5 cm³/mol. The lowest BCUT2D eigenvalue weighted by Gasteiger charge is -1.98. The van der Waals surface area contributed by atoms with Gasteiger partial charge in [0.1, 0.15) is 5.82 Å². The molecule has 2 heterocycles. The Balaban J connectivity index is 2.63. The van der Waals surface area contributed by atoms with Crippen molar-refractivity contribution in [1.29, 1.82) is 0 Å². The van der Waals surface area contributed by atoms with Crippen LogP contribution in [0.1, 0.15) is 5.82 Å². The predicted octanol–water partition coefficient (Wildman–Crippen LogP) is -1.39. The molecule has 2 N–H and O–H groups in total. The Hall–Kier alpha value is -1.36. The zero-order chi connectivity index (χ0) is 6.97. The quantitative estimate of drug-likeness (QED) is 0.462. The van der Waals surface area contributed by atoms with Gasteiger partial charge >= 0.3 is 0 Å². The van der Waals surface area contributed by atoms with Gasteiger partial charge in [-0.05, 0) is 0 Å². The number of nitrogens with zero attached hydrogens (tertiary/aromatic N) is 2. The van der Waals surface area contributed by atoms with Gasteiger partial charge < -0.3 is 0 Å². The highest BCUT2D eigenvalue weighted by atomic mass is 16.1. The van der Waals surface area contributed by atoms with E-state index < -0.39 is 0 Å². The van der Waals surface area contributed by atoms with Gasteiger partial charge in [-0.25, -0.2) is 10.1 Å². The van der Waals surface area contributed by atoms with Crippen LogP contribution in [0, 0.1) is 6.07 Å². The molecule has 0 saturated carbocycles. The van der Waals surface area contributed by atoms with E-state index in [1.807, 2.05) is 0 Å². The maximum Gasteiger partial charge on any atom is 0.281 e. The largest absolute Gasteiger partial charge is 0.281 e. The number of nitrogens with one attached hydrogen (secondary N) is 2. The van der Waals surface area contributed by atoms with Crippen molar-refractivity contribution in [2.75, 3.05) is 5.53 Å². The van der Waals surface area contributed by atoms with Crippen LogP contribution in [0.3, 0.4) is 0 Å². The Kier molecular flexibility index (Phi) is 0.983. The van der Waals surface area contributed by atoms with E-state index in [4.69, 9.17) is 0 Å². The molecule has 51 valence electrons. The number of hydrogen-bond acceptors (Lipinski definition) is 4. The summed E-state index contributed by atoms with van der Waals surface area (Å²) in [4.78, 5) is 14.3. The van der Waals surface area contributed by atoms with Crippen LogP contribution in [0.25, 0.3) is 0 Å². The van der Waals surface area contributed by atoms with Crippen LogP contribution in [0.4, 0.5) is 0 Å². The third kappa shape index (κ3) is 0.679. The molecule has 1 aromatic heterocycles. The van der Waals surface area contributed by atoms with Crippen LogP contribution < -0.4 is 16.5 Å². The lowest BCUT2D eigenvalue weighted by molar-refractivity contribution is 0.803. The van der Waals surface area contributed by atoms with Crippen molar-refractivity contribution in [3.63, 3.8) is 0 Å². The number of fused-ring (bicyclic) bond motifs is 1. The van der Waals surface area contributed by atoms with Crippen LogP contribution >= 0.6 is 0 Å². The topological polar surface area (TPSA) is 59.0 Å². The summed E-state index contributed by atoms with van der Waals surface area (Å²) in [6.45, 7) is 0.573. The van der Waals surface area contributed by atoms with E-state index in [1.165, 1.54) is 6.20 Å². The van der Waals surface area contributed by atoms with Crippen molar-refractivity contribution in [3.05, 3.63) is 28.4 Å². The van der Waals surface area contributed by atoms with Crippen molar-refractivity contribution >= 4 is 0 Å². The molecule has 0 atom stereocenters. The van der Waals surface area contributed by atoms with Gasteiger partial charge in [-0.15, -0.1) is 0 Å². The average molecular weight is 137 g/mol. The molecule has 0 unspecified atom stereocenters. The summed E-state index contributed by atoms with van der Waals surface area (Å²) in [6.07, 6.45) is 1.52. The number of rotatable bonds is 0. The molecule has 0 saturated heterocycles.